The van der Waals surface area contributed by atoms with Crippen molar-refractivity contribution in [3.63, 3.8) is 0 Å². The highest BCUT2D eigenvalue weighted by Crippen LogP contribution is 2.01. The number of nitrogens with zero attached hydrogens (tertiary/aromatic N) is 1. The van der Waals surface area contributed by atoms with Gasteiger partial charge in [-0.15, -0.1) is 0 Å². The topological polar surface area (TPSA) is 66.6 Å². The van der Waals surface area contributed by atoms with E-state index in [1.165, 1.54) is 4.90 Å². The molecule has 4 heteroatoms. The highest BCUT2D eigenvalue weighted by Gasteiger charge is 2.20. The fourth-order valence-electron chi connectivity index (χ4n) is 1.04. The van der Waals surface area contributed by atoms with Crippen LogP contribution in [0.2, 0.25) is 0 Å². The maximum Gasteiger partial charge on any atom is 0.239 e. The van der Waals surface area contributed by atoms with Gasteiger partial charge in [0.1, 0.15) is 0 Å². The van der Waals surface area contributed by atoms with Gasteiger partial charge < -0.3 is 15.7 Å². The number of aliphatic hydroxyl groups excluding tert-OH is 1. The minimum absolute atomic E-state index is 0.0267. The summed E-state index contributed by atoms with van der Waals surface area (Å²) >= 11 is 0. The standard InChI is InChI=1S/C9H20N2O2/c1-4-5-8(10)9(13)11(3)7(2)6-12/h7-8,12H,4-6,10H2,1-3H3/t7?,8-/m0/s1. The van der Waals surface area contributed by atoms with Gasteiger partial charge in [0.05, 0.1) is 18.7 Å². The molecule has 0 saturated heterocycles. The zero-order valence-electron chi connectivity index (χ0n) is 8.66. The van der Waals surface area contributed by atoms with E-state index in [1.807, 2.05) is 6.92 Å². The van der Waals surface area contributed by atoms with Gasteiger partial charge in [-0.1, -0.05) is 13.3 Å². The van der Waals surface area contributed by atoms with Gasteiger partial charge >= 0.3 is 0 Å². The van der Waals surface area contributed by atoms with Crippen molar-refractivity contribution in [1.82, 2.24) is 4.90 Å². The van der Waals surface area contributed by atoms with E-state index in [0.717, 1.165) is 6.42 Å². The number of likely N-dealkylation sites (N-methyl/N-ethyl adjacent to an activating group) is 1. The van der Waals surface area contributed by atoms with Gasteiger partial charge in [0.25, 0.3) is 0 Å². The first kappa shape index (κ1) is 12.4. The fraction of sp³-hybridized carbons (Fsp3) is 0.889. The Hall–Kier alpha value is -0.610. The van der Waals surface area contributed by atoms with Gasteiger partial charge in [-0.05, 0) is 13.3 Å². The molecule has 78 valence electrons. The second-order valence-corrected chi connectivity index (χ2v) is 3.38. The van der Waals surface area contributed by atoms with Gasteiger partial charge in [-0.25, -0.2) is 0 Å². The fourth-order valence-corrected chi connectivity index (χ4v) is 1.04. The molecule has 1 unspecified atom stereocenters. The van der Waals surface area contributed by atoms with Crippen LogP contribution in [0.4, 0.5) is 0 Å². The highest BCUT2D eigenvalue weighted by molar-refractivity contribution is 5.81. The molecule has 0 bridgehead atoms. The minimum Gasteiger partial charge on any atom is -0.394 e. The van der Waals surface area contributed by atoms with E-state index in [9.17, 15) is 4.79 Å². The first-order valence-electron chi connectivity index (χ1n) is 4.67. The Bertz CT molecular complexity index is 162. The van der Waals surface area contributed by atoms with Gasteiger partial charge in [0, 0.05) is 7.05 Å². The summed E-state index contributed by atoms with van der Waals surface area (Å²) in [6.07, 6.45) is 1.59. The monoisotopic (exact) mass is 188 g/mol. The van der Waals surface area contributed by atoms with Crippen LogP contribution in [-0.2, 0) is 4.79 Å². The first-order valence-corrected chi connectivity index (χ1v) is 4.67. The summed E-state index contributed by atoms with van der Waals surface area (Å²) in [6, 6.07) is -0.584. The van der Waals surface area contributed by atoms with Crippen molar-refractivity contribution in [2.24, 2.45) is 5.73 Å². The van der Waals surface area contributed by atoms with E-state index in [0.29, 0.717) is 6.42 Å². The van der Waals surface area contributed by atoms with E-state index < -0.39 is 6.04 Å². The van der Waals surface area contributed by atoms with Crippen LogP contribution in [-0.4, -0.2) is 41.7 Å². The molecule has 13 heavy (non-hydrogen) atoms. The highest BCUT2D eigenvalue weighted by atomic mass is 16.3. The minimum atomic E-state index is -0.427. The molecule has 0 aliphatic heterocycles. The number of hydrogen-bond donors (Lipinski definition) is 2. The Labute approximate surface area is 79.7 Å². The SMILES string of the molecule is CCC[C@H](N)C(=O)N(C)C(C)CO. The van der Waals surface area contributed by atoms with E-state index >= 15 is 0 Å². The molecular weight excluding hydrogens is 168 g/mol. The normalized spacial score (nSPS) is 15.2. The van der Waals surface area contributed by atoms with Gasteiger partial charge in [0.2, 0.25) is 5.91 Å². The lowest BCUT2D eigenvalue weighted by Crippen LogP contribution is -2.46. The third-order valence-corrected chi connectivity index (χ3v) is 2.19. The summed E-state index contributed by atoms with van der Waals surface area (Å²) in [5, 5.41) is 8.83. The molecule has 3 N–H and O–H groups in total. The molecular formula is C9H20N2O2. The molecule has 0 spiro atoms. The maximum absolute atomic E-state index is 11.5. The van der Waals surface area contributed by atoms with Crippen molar-refractivity contribution in [3.05, 3.63) is 0 Å². The number of carbonyl (C=O) groups excluding carboxylic acids is 1. The van der Waals surface area contributed by atoms with Crippen LogP contribution in [0, 0.1) is 0 Å². The second-order valence-electron chi connectivity index (χ2n) is 3.38. The largest absolute Gasteiger partial charge is 0.394 e. The molecule has 0 radical (unpaired) electrons. The zero-order valence-corrected chi connectivity index (χ0v) is 8.66. The predicted octanol–water partition coefficient (Wildman–Crippen LogP) is -0.0470. The van der Waals surface area contributed by atoms with Gasteiger partial charge in [-0.2, -0.15) is 0 Å². The Balaban J connectivity index is 4.08. The van der Waals surface area contributed by atoms with Crippen molar-refractivity contribution >= 4 is 5.91 Å². The van der Waals surface area contributed by atoms with Crippen LogP contribution in [0.1, 0.15) is 26.7 Å². The number of amides is 1. The van der Waals surface area contributed by atoms with E-state index in [-0.39, 0.29) is 18.6 Å². The van der Waals surface area contributed by atoms with Crippen molar-refractivity contribution in [2.45, 2.75) is 38.8 Å². The summed E-state index contributed by atoms with van der Waals surface area (Å²) < 4.78 is 0. The zero-order chi connectivity index (χ0) is 10.4. The van der Waals surface area contributed by atoms with Crippen LogP contribution in [0.3, 0.4) is 0 Å². The number of hydrogen-bond acceptors (Lipinski definition) is 3. The average Bonchev–Trinajstić information content (AvgIpc) is 2.14. The molecule has 0 fully saturated rings. The summed E-state index contributed by atoms with van der Waals surface area (Å²) in [6.45, 7) is 3.75. The van der Waals surface area contributed by atoms with E-state index in [4.69, 9.17) is 10.8 Å². The molecule has 0 aromatic heterocycles. The van der Waals surface area contributed by atoms with Crippen molar-refractivity contribution < 1.29 is 9.90 Å². The summed E-state index contributed by atoms with van der Waals surface area (Å²) in [7, 11) is 1.67. The molecule has 0 rings (SSSR count). The van der Waals surface area contributed by atoms with Crippen LogP contribution in [0.5, 0.6) is 0 Å². The molecule has 0 aliphatic carbocycles. The van der Waals surface area contributed by atoms with Crippen LogP contribution in [0.25, 0.3) is 0 Å². The Morgan fingerprint density at radius 2 is 2.15 bits per heavy atom. The lowest BCUT2D eigenvalue weighted by molar-refractivity contribution is -0.133. The first-order chi connectivity index (χ1) is 6.04. The second kappa shape index (κ2) is 5.94. The summed E-state index contributed by atoms with van der Waals surface area (Å²) in [4.78, 5) is 13.0. The van der Waals surface area contributed by atoms with Crippen LogP contribution >= 0.6 is 0 Å². The molecule has 1 amide bonds. The van der Waals surface area contributed by atoms with Crippen molar-refractivity contribution in [3.8, 4) is 0 Å². The quantitative estimate of drug-likeness (QED) is 0.636. The van der Waals surface area contributed by atoms with E-state index in [2.05, 4.69) is 0 Å². The average molecular weight is 188 g/mol. The number of aliphatic hydroxyl groups is 1. The Morgan fingerprint density at radius 3 is 2.54 bits per heavy atom. The Kier molecular flexibility index (Phi) is 5.66. The lowest BCUT2D eigenvalue weighted by atomic mass is 10.1. The Morgan fingerprint density at radius 1 is 1.62 bits per heavy atom. The molecule has 0 heterocycles. The molecule has 0 saturated carbocycles. The van der Waals surface area contributed by atoms with Crippen LogP contribution in [0.15, 0.2) is 0 Å². The van der Waals surface area contributed by atoms with E-state index in [1.54, 1.807) is 14.0 Å². The van der Waals surface area contributed by atoms with Crippen LogP contribution < -0.4 is 5.73 Å². The molecule has 0 aliphatic rings. The smallest absolute Gasteiger partial charge is 0.239 e. The third-order valence-electron chi connectivity index (χ3n) is 2.19. The van der Waals surface area contributed by atoms with Gasteiger partial charge in [0.15, 0.2) is 0 Å². The molecule has 0 aromatic rings. The number of rotatable bonds is 5. The number of nitrogens with two attached hydrogens (primary N) is 1. The van der Waals surface area contributed by atoms with Crippen molar-refractivity contribution in [1.29, 1.82) is 0 Å². The molecule has 0 aromatic carbocycles. The predicted molar refractivity (Wildman–Crippen MR) is 52.2 cm³/mol. The number of carbonyl (C=O) groups is 1. The third kappa shape index (κ3) is 3.74. The molecule has 2 atom stereocenters. The summed E-state index contributed by atoms with van der Waals surface area (Å²) in [5.41, 5.74) is 5.65. The summed E-state index contributed by atoms with van der Waals surface area (Å²) in [5.74, 6) is -0.0941. The lowest BCUT2D eigenvalue weighted by Gasteiger charge is -2.25. The molecule has 4 nitrogen and oxygen atoms in total. The van der Waals surface area contributed by atoms with Gasteiger partial charge in [-0.3, -0.25) is 4.79 Å². The maximum atomic E-state index is 11.5. The van der Waals surface area contributed by atoms with Crippen molar-refractivity contribution in [2.75, 3.05) is 13.7 Å².